The Hall–Kier alpha value is -2.02. The van der Waals surface area contributed by atoms with Crippen molar-refractivity contribution in [2.24, 2.45) is 4.99 Å². The Morgan fingerprint density at radius 1 is 1.26 bits per heavy atom. The Morgan fingerprint density at radius 2 is 2.00 bits per heavy atom. The first-order chi connectivity index (χ1) is 10.9. The number of hydrogen-bond donors (Lipinski definition) is 0. The van der Waals surface area contributed by atoms with Gasteiger partial charge in [0.2, 0.25) is 0 Å². The van der Waals surface area contributed by atoms with Crippen LogP contribution in [0.5, 0.6) is 0 Å². The summed E-state index contributed by atoms with van der Waals surface area (Å²) in [6, 6.07) is 8.14. The van der Waals surface area contributed by atoms with E-state index in [2.05, 4.69) is 9.98 Å². The summed E-state index contributed by atoms with van der Waals surface area (Å²) in [5.41, 5.74) is 1.23. The highest BCUT2D eigenvalue weighted by Crippen LogP contribution is 2.35. The summed E-state index contributed by atoms with van der Waals surface area (Å²) in [5.74, 6) is 0.466. The van der Waals surface area contributed by atoms with Crippen molar-refractivity contribution in [2.45, 2.75) is 24.4 Å². The second-order valence-electron chi connectivity index (χ2n) is 5.05. The molecule has 7 heteroatoms. The monoisotopic (exact) mass is 338 g/mol. The smallest absolute Gasteiger partial charge is 0.258 e. The number of fused-ring (bicyclic) bond motifs is 1. The first-order valence-corrected chi connectivity index (χ1v) is 8.33. The lowest BCUT2D eigenvalue weighted by Crippen LogP contribution is -2.08. The van der Waals surface area contributed by atoms with Gasteiger partial charge in [0.1, 0.15) is 0 Å². The van der Waals surface area contributed by atoms with Crippen LogP contribution < -0.4 is 0 Å². The molecule has 1 aromatic carbocycles. The van der Waals surface area contributed by atoms with Gasteiger partial charge in [-0.05, 0) is 12.1 Å². The summed E-state index contributed by atoms with van der Waals surface area (Å²) < 4.78 is 50.4. The van der Waals surface area contributed by atoms with E-state index >= 15 is 0 Å². The largest absolute Gasteiger partial charge is 0.417 e. The number of pyridine rings is 1. The van der Waals surface area contributed by atoms with Crippen molar-refractivity contribution in [2.75, 3.05) is 5.75 Å². The van der Waals surface area contributed by atoms with Crippen molar-refractivity contribution < 1.29 is 17.4 Å². The Balaban J connectivity index is 2.02. The molecule has 3 rings (SSSR count). The van der Waals surface area contributed by atoms with Gasteiger partial charge in [0.15, 0.2) is 0 Å². The minimum atomic E-state index is -4.44. The molecule has 120 valence electrons. The summed E-state index contributed by atoms with van der Waals surface area (Å²) in [6.45, 7) is 1.81. The van der Waals surface area contributed by atoms with Gasteiger partial charge in [-0.3, -0.25) is 14.2 Å². The Labute approximate surface area is 133 Å². The molecule has 3 nitrogen and oxygen atoms in total. The van der Waals surface area contributed by atoms with E-state index in [0.29, 0.717) is 34.0 Å². The van der Waals surface area contributed by atoms with Crippen molar-refractivity contribution in [3.63, 3.8) is 0 Å². The average molecular weight is 338 g/mol. The zero-order chi connectivity index (χ0) is 16.6. The van der Waals surface area contributed by atoms with Gasteiger partial charge in [-0.25, -0.2) is 0 Å². The van der Waals surface area contributed by atoms with Crippen LogP contribution in [-0.4, -0.2) is 20.7 Å². The van der Waals surface area contributed by atoms with Crippen LogP contribution in [0, 0.1) is 0 Å². The zero-order valence-corrected chi connectivity index (χ0v) is 13.0. The van der Waals surface area contributed by atoms with E-state index in [9.17, 15) is 17.4 Å². The number of rotatable bonds is 3. The first-order valence-electron chi connectivity index (χ1n) is 7.01. The lowest BCUT2D eigenvalue weighted by Gasteiger charge is -2.07. The highest BCUT2D eigenvalue weighted by Gasteiger charge is 2.32. The standard InChI is InChI=1S/C16H13F3N2OS/c1-2-23(22)15-6-4-3-5-11(15)12-8-13-14(21-12)7-10(9-20-13)16(17,18)19/h3-7,9H,2,8H2,1H3. The molecule has 23 heavy (non-hydrogen) atoms. The molecule has 0 fully saturated rings. The maximum Gasteiger partial charge on any atom is 0.417 e. The summed E-state index contributed by atoms with van der Waals surface area (Å²) in [4.78, 5) is 8.83. The van der Waals surface area contributed by atoms with Crippen LogP contribution in [0.1, 0.15) is 23.7 Å². The number of aliphatic imine (C=N–C) groups is 1. The van der Waals surface area contributed by atoms with Gasteiger partial charge >= 0.3 is 6.18 Å². The van der Waals surface area contributed by atoms with Crippen LogP contribution >= 0.6 is 0 Å². The van der Waals surface area contributed by atoms with E-state index in [-0.39, 0.29) is 5.69 Å². The number of benzene rings is 1. The van der Waals surface area contributed by atoms with E-state index in [1.165, 1.54) is 0 Å². The molecular weight excluding hydrogens is 325 g/mol. The highest BCUT2D eigenvalue weighted by molar-refractivity contribution is 7.85. The topological polar surface area (TPSA) is 42.3 Å². The molecular formula is C16H13F3N2OS. The fourth-order valence-electron chi connectivity index (χ4n) is 2.43. The number of hydrogen-bond acceptors (Lipinski definition) is 3. The molecule has 1 aliphatic heterocycles. The first kappa shape index (κ1) is 15.9. The number of nitrogens with zero attached hydrogens (tertiary/aromatic N) is 2. The number of alkyl halides is 3. The number of halogens is 3. The van der Waals surface area contributed by atoms with E-state index in [4.69, 9.17) is 0 Å². The predicted molar refractivity (Wildman–Crippen MR) is 82.5 cm³/mol. The van der Waals surface area contributed by atoms with E-state index in [0.717, 1.165) is 12.3 Å². The summed E-state index contributed by atoms with van der Waals surface area (Å²) in [7, 11) is -1.16. The summed E-state index contributed by atoms with van der Waals surface area (Å²) in [5, 5.41) is 0. The van der Waals surface area contributed by atoms with E-state index < -0.39 is 22.5 Å². The van der Waals surface area contributed by atoms with Crippen molar-refractivity contribution in [3.8, 4) is 0 Å². The van der Waals surface area contributed by atoms with Gasteiger partial charge in [0, 0.05) is 28.8 Å². The van der Waals surface area contributed by atoms with Crippen molar-refractivity contribution in [1.82, 2.24) is 4.98 Å². The van der Waals surface area contributed by atoms with Crippen LogP contribution in [0.25, 0.3) is 0 Å². The van der Waals surface area contributed by atoms with E-state index in [1.807, 2.05) is 6.92 Å². The molecule has 2 heterocycles. The molecule has 0 bridgehead atoms. The minimum Gasteiger partial charge on any atom is -0.258 e. The molecule has 0 aliphatic carbocycles. The Bertz CT molecular complexity index is 815. The maximum absolute atomic E-state index is 12.8. The van der Waals surface area contributed by atoms with Crippen LogP contribution in [0.2, 0.25) is 0 Å². The lowest BCUT2D eigenvalue weighted by molar-refractivity contribution is -0.137. The number of aromatic nitrogens is 1. The predicted octanol–water partition coefficient (Wildman–Crippen LogP) is 3.90. The molecule has 1 aliphatic rings. The highest BCUT2D eigenvalue weighted by atomic mass is 32.2. The van der Waals surface area contributed by atoms with Gasteiger partial charge < -0.3 is 0 Å². The third-order valence-corrected chi connectivity index (χ3v) is 4.94. The SMILES string of the molecule is CCS(=O)c1ccccc1C1=Nc2cc(C(F)(F)F)cnc2C1. The normalized spacial score (nSPS) is 15.2. The van der Waals surface area contributed by atoms with Crippen LogP contribution in [0.15, 0.2) is 46.4 Å². The van der Waals surface area contributed by atoms with Gasteiger partial charge in [0.05, 0.1) is 33.5 Å². The molecule has 1 aromatic heterocycles. The second-order valence-corrected chi connectivity index (χ2v) is 6.76. The van der Waals surface area contributed by atoms with Crippen molar-refractivity contribution in [3.05, 3.63) is 53.3 Å². The van der Waals surface area contributed by atoms with Gasteiger partial charge in [-0.1, -0.05) is 25.1 Å². The van der Waals surface area contributed by atoms with Crippen molar-refractivity contribution in [1.29, 1.82) is 0 Å². The molecule has 0 saturated heterocycles. The molecule has 0 amide bonds. The summed E-state index contributed by atoms with van der Waals surface area (Å²) >= 11 is 0. The van der Waals surface area contributed by atoms with Crippen molar-refractivity contribution >= 4 is 22.2 Å². The molecule has 0 spiro atoms. The van der Waals surface area contributed by atoms with Gasteiger partial charge in [-0.15, -0.1) is 0 Å². The maximum atomic E-state index is 12.8. The fourth-order valence-corrected chi connectivity index (χ4v) is 3.40. The zero-order valence-electron chi connectivity index (χ0n) is 12.2. The molecule has 0 radical (unpaired) electrons. The van der Waals surface area contributed by atoms with Gasteiger partial charge in [-0.2, -0.15) is 13.2 Å². The Morgan fingerprint density at radius 3 is 2.70 bits per heavy atom. The van der Waals surface area contributed by atoms with Crippen LogP contribution in [0.3, 0.4) is 0 Å². The molecule has 1 unspecified atom stereocenters. The molecule has 0 saturated carbocycles. The van der Waals surface area contributed by atoms with Gasteiger partial charge in [0.25, 0.3) is 0 Å². The summed E-state index contributed by atoms with van der Waals surface area (Å²) in [6.07, 6.45) is -3.28. The van der Waals surface area contributed by atoms with E-state index in [1.54, 1.807) is 24.3 Å². The van der Waals surface area contributed by atoms with Crippen LogP contribution in [0.4, 0.5) is 18.9 Å². The minimum absolute atomic E-state index is 0.229. The second kappa shape index (κ2) is 5.88. The molecule has 1 atom stereocenters. The molecule has 2 aromatic rings. The van der Waals surface area contributed by atoms with Crippen LogP contribution in [-0.2, 0) is 23.4 Å². The quantitative estimate of drug-likeness (QED) is 0.852. The lowest BCUT2D eigenvalue weighted by atomic mass is 10.1. The molecule has 0 N–H and O–H groups in total. The third kappa shape index (κ3) is 3.06. The fraction of sp³-hybridized carbons (Fsp3) is 0.250. The average Bonchev–Trinajstić information content (AvgIpc) is 2.96. The third-order valence-electron chi connectivity index (χ3n) is 3.57. The Kier molecular flexibility index (Phi) is 4.06.